The fourth-order valence-electron chi connectivity index (χ4n) is 3.02. The molecule has 9 heteroatoms. The van der Waals surface area contributed by atoms with Crippen molar-refractivity contribution in [2.45, 2.75) is 13.0 Å². The van der Waals surface area contributed by atoms with E-state index in [0.717, 1.165) is 41.0 Å². The van der Waals surface area contributed by atoms with Crippen molar-refractivity contribution in [2.24, 2.45) is 0 Å². The van der Waals surface area contributed by atoms with E-state index in [0.29, 0.717) is 6.04 Å². The van der Waals surface area contributed by atoms with Gasteiger partial charge in [-0.2, -0.15) is 4.52 Å². The third-order valence-corrected chi connectivity index (χ3v) is 5.75. The molecule has 0 N–H and O–H groups in total. The predicted molar refractivity (Wildman–Crippen MR) is 97.3 cm³/mol. The van der Waals surface area contributed by atoms with Crippen LogP contribution in [0.5, 0.6) is 0 Å². The van der Waals surface area contributed by atoms with Crippen LogP contribution in [-0.2, 0) is 0 Å². The van der Waals surface area contributed by atoms with Crippen LogP contribution in [-0.4, -0.2) is 56.0 Å². The number of anilines is 2. The van der Waals surface area contributed by atoms with Gasteiger partial charge in [-0.3, -0.25) is 4.98 Å². The summed E-state index contributed by atoms with van der Waals surface area (Å²) in [6.45, 7) is 3.75. The Kier molecular flexibility index (Phi) is 3.11. The maximum atomic E-state index is 4.69. The van der Waals surface area contributed by atoms with Gasteiger partial charge in [-0.25, -0.2) is 4.98 Å². The Labute approximate surface area is 147 Å². The third-order valence-electron chi connectivity index (χ3n) is 4.62. The maximum Gasteiger partial charge on any atom is 0.186 e. The van der Waals surface area contributed by atoms with Crippen LogP contribution in [0.4, 0.5) is 10.9 Å². The lowest BCUT2D eigenvalue weighted by atomic mass is 10.1. The molecule has 0 aliphatic carbocycles. The Morgan fingerprint density at radius 1 is 1.20 bits per heavy atom. The van der Waals surface area contributed by atoms with Gasteiger partial charge in [-0.1, -0.05) is 11.3 Å². The molecular formula is C16H16N8S. The van der Waals surface area contributed by atoms with Crippen molar-refractivity contribution in [1.29, 1.82) is 0 Å². The number of rotatable bonds is 3. The minimum Gasteiger partial charge on any atom is -0.351 e. The van der Waals surface area contributed by atoms with Gasteiger partial charge >= 0.3 is 0 Å². The van der Waals surface area contributed by atoms with E-state index in [2.05, 4.69) is 42.1 Å². The van der Waals surface area contributed by atoms with Crippen LogP contribution in [0, 0.1) is 6.92 Å². The van der Waals surface area contributed by atoms with E-state index >= 15 is 0 Å². The van der Waals surface area contributed by atoms with E-state index in [9.17, 15) is 0 Å². The van der Waals surface area contributed by atoms with Crippen LogP contribution in [0.3, 0.4) is 0 Å². The molecule has 0 atom stereocenters. The largest absolute Gasteiger partial charge is 0.351 e. The van der Waals surface area contributed by atoms with Gasteiger partial charge in [0.05, 0.1) is 16.9 Å². The van der Waals surface area contributed by atoms with E-state index in [-0.39, 0.29) is 0 Å². The standard InChI is InChI=1S/C16H16N8S/c1-10-19-20-14-3-4-15(21-24(10)14)23-8-11(9-23)22(2)16-18-12-7-17-6-5-13(12)25-16/h3-7,11H,8-9H2,1-2H3. The normalized spacial score (nSPS) is 15.0. The molecule has 5 rings (SSSR count). The van der Waals surface area contributed by atoms with Gasteiger partial charge in [-0.05, 0) is 25.1 Å². The first kappa shape index (κ1) is 14.5. The van der Waals surface area contributed by atoms with Crippen molar-refractivity contribution in [1.82, 2.24) is 29.8 Å². The number of hydrogen-bond donors (Lipinski definition) is 0. The highest BCUT2D eigenvalue weighted by atomic mass is 32.1. The van der Waals surface area contributed by atoms with Gasteiger partial charge in [0.25, 0.3) is 0 Å². The highest BCUT2D eigenvalue weighted by Crippen LogP contribution is 2.31. The van der Waals surface area contributed by atoms with E-state index in [1.54, 1.807) is 15.9 Å². The molecule has 0 unspecified atom stereocenters. The van der Waals surface area contributed by atoms with Crippen LogP contribution in [0.15, 0.2) is 30.6 Å². The molecule has 0 aromatic carbocycles. The number of pyridine rings is 1. The zero-order chi connectivity index (χ0) is 17.0. The smallest absolute Gasteiger partial charge is 0.186 e. The molecule has 1 saturated heterocycles. The van der Waals surface area contributed by atoms with Crippen molar-refractivity contribution < 1.29 is 0 Å². The summed E-state index contributed by atoms with van der Waals surface area (Å²) in [5.41, 5.74) is 1.74. The summed E-state index contributed by atoms with van der Waals surface area (Å²) in [6.07, 6.45) is 3.63. The lowest BCUT2D eigenvalue weighted by molar-refractivity contribution is 0.489. The summed E-state index contributed by atoms with van der Waals surface area (Å²) >= 11 is 1.71. The first-order chi connectivity index (χ1) is 12.2. The lowest BCUT2D eigenvalue weighted by Crippen LogP contribution is -2.59. The first-order valence-corrected chi connectivity index (χ1v) is 8.88. The van der Waals surface area contributed by atoms with E-state index < -0.39 is 0 Å². The topological polar surface area (TPSA) is 75.3 Å². The number of aryl methyl sites for hydroxylation is 1. The SMILES string of the molecule is Cc1nnc2ccc(N3CC(N(C)c4nc5cnccc5s4)C3)nn12. The number of nitrogens with zero attached hydrogens (tertiary/aromatic N) is 8. The lowest BCUT2D eigenvalue weighted by Gasteiger charge is -2.44. The van der Waals surface area contributed by atoms with Crippen LogP contribution < -0.4 is 9.80 Å². The second kappa shape index (κ2) is 5.35. The first-order valence-electron chi connectivity index (χ1n) is 8.06. The second-order valence-electron chi connectivity index (χ2n) is 6.22. The molecule has 1 aliphatic rings. The average Bonchev–Trinajstić information content (AvgIpc) is 3.17. The predicted octanol–water partition coefficient (Wildman–Crippen LogP) is 1.76. The highest BCUT2D eigenvalue weighted by Gasteiger charge is 2.32. The van der Waals surface area contributed by atoms with Crippen molar-refractivity contribution in [2.75, 3.05) is 29.9 Å². The molecule has 1 fully saturated rings. The average molecular weight is 352 g/mol. The Morgan fingerprint density at radius 3 is 2.92 bits per heavy atom. The fourth-order valence-corrected chi connectivity index (χ4v) is 3.98. The van der Waals surface area contributed by atoms with Gasteiger partial charge in [-0.15, -0.1) is 15.3 Å². The summed E-state index contributed by atoms with van der Waals surface area (Å²) in [6, 6.07) is 6.40. The zero-order valence-electron chi connectivity index (χ0n) is 13.9. The molecule has 4 aromatic rings. The fraction of sp³-hybridized carbons (Fsp3) is 0.312. The molecule has 8 nitrogen and oxygen atoms in total. The molecule has 0 amide bonds. The number of likely N-dealkylation sites (N-methyl/N-ethyl adjacent to an activating group) is 1. The van der Waals surface area contributed by atoms with Gasteiger partial charge in [0.1, 0.15) is 11.3 Å². The quantitative estimate of drug-likeness (QED) is 0.556. The Hall–Kier alpha value is -2.81. The number of fused-ring (bicyclic) bond motifs is 2. The molecule has 0 saturated carbocycles. The van der Waals surface area contributed by atoms with Crippen LogP contribution in [0.2, 0.25) is 0 Å². The molecule has 1 aliphatic heterocycles. The van der Waals surface area contributed by atoms with Crippen LogP contribution in [0.1, 0.15) is 5.82 Å². The Bertz CT molecular complexity index is 1030. The summed E-state index contributed by atoms with van der Waals surface area (Å²) in [5, 5.41) is 13.8. The van der Waals surface area contributed by atoms with Crippen molar-refractivity contribution in [3.8, 4) is 0 Å². The summed E-state index contributed by atoms with van der Waals surface area (Å²) < 4.78 is 2.95. The Morgan fingerprint density at radius 2 is 2.08 bits per heavy atom. The van der Waals surface area contributed by atoms with E-state index in [4.69, 9.17) is 0 Å². The number of thiazole rings is 1. The molecule has 25 heavy (non-hydrogen) atoms. The van der Waals surface area contributed by atoms with Gasteiger partial charge in [0, 0.05) is 26.3 Å². The molecule has 5 heterocycles. The van der Waals surface area contributed by atoms with Crippen LogP contribution >= 0.6 is 11.3 Å². The van der Waals surface area contributed by atoms with Crippen LogP contribution in [0.25, 0.3) is 15.9 Å². The zero-order valence-corrected chi connectivity index (χ0v) is 14.7. The van der Waals surface area contributed by atoms with Gasteiger partial charge in [0.2, 0.25) is 0 Å². The maximum absolute atomic E-state index is 4.69. The summed E-state index contributed by atoms with van der Waals surface area (Å²) in [4.78, 5) is 13.3. The monoisotopic (exact) mass is 352 g/mol. The van der Waals surface area contributed by atoms with E-state index in [1.807, 2.05) is 37.5 Å². The van der Waals surface area contributed by atoms with Crippen molar-refractivity contribution in [3.63, 3.8) is 0 Å². The number of aromatic nitrogens is 6. The third kappa shape index (κ3) is 2.30. The number of hydrogen-bond acceptors (Lipinski definition) is 8. The highest BCUT2D eigenvalue weighted by molar-refractivity contribution is 7.22. The molecular weight excluding hydrogens is 336 g/mol. The summed E-state index contributed by atoms with van der Waals surface area (Å²) in [7, 11) is 2.10. The molecule has 0 bridgehead atoms. The molecule has 4 aromatic heterocycles. The molecule has 0 radical (unpaired) electrons. The minimum absolute atomic E-state index is 0.424. The van der Waals surface area contributed by atoms with Crippen molar-refractivity contribution in [3.05, 3.63) is 36.4 Å². The molecule has 126 valence electrons. The Balaban J connectivity index is 1.33. The van der Waals surface area contributed by atoms with Gasteiger partial charge in [0.15, 0.2) is 16.6 Å². The van der Waals surface area contributed by atoms with E-state index in [1.165, 1.54) is 4.70 Å². The second-order valence-corrected chi connectivity index (χ2v) is 7.23. The molecule has 0 spiro atoms. The van der Waals surface area contributed by atoms with Crippen molar-refractivity contribution >= 4 is 38.2 Å². The minimum atomic E-state index is 0.424. The van der Waals surface area contributed by atoms with Gasteiger partial charge < -0.3 is 9.80 Å². The summed E-state index contributed by atoms with van der Waals surface area (Å²) in [5.74, 6) is 1.75.